The van der Waals surface area contributed by atoms with Gasteiger partial charge < -0.3 is 101 Å². The second-order valence-corrected chi connectivity index (χ2v) is 29.5. The Morgan fingerprint density at radius 1 is 0.313 bits per heavy atom. The van der Waals surface area contributed by atoms with Crippen molar-refractivity contribution in [2.24, 2.45) is 11.5 Å². The molecule has 0 aliphatic heterocycles. The number of nitrogens with two attached hydrogens (primary N) is 2. The van der Waals surface area contributed by atoms with Gasteiger partial charge in [-0.05, 0) is 88.2 Å². The van der Waals surface area contributed by atoms with Gasteiger partial charge in [0.25, 0.3) is 0 Å². The lowest BCUT2D eigenvalue weighted by Crippen LogP contribution is -2.46. The number of hydrogen-bond acceptors (Lipinski definition) is 22. The van der Waals surface area contributed by atoms with Crippen LogP contribution in [0.1, 0.15) is 75.2 Å². The van der Waals surface area contributed by atoms with Crippen molar-refractivity contribution in [3.05, 3.63) is 0 Å². The van der Waals surface area contributed by atoms with E-state index < -0.39 is 53.1 Å². The Bertz CT molecular complexity index is 870. The molecule has 0 saturated carbocycles. The highest BCUT2D eigenvalue weighted by atomic mass is 28.4. The van der Waals surface area contributed by atoms with Crippen molar-refractivity contribution in [3.63, 3.8) is 0 Å². The molecule has 67 heavy (non-hydrogen) atoms. The monoisotopic (exact) mass is 1090 g/mol. The topological polar surface area (TPSA) is 239 Å². The fourth-order valence-electron chi connectivity index (χ4n) is 5.11. The first-order valence-electron chi connectivity index (χ1n) is 23.2. The van der Waals surface area contributed by atoms with E-state index in [1.807, 2.05) is 82.0 Å². The Labute approximate surface area is 416 Å². The van der Waals surface area contributed by atoms with Gasteiger partial charge in [-0.2, -0.15) is 0 Å². The van der Waals surface area contributed by atoms with Gasteiger partial charge in [0.1, 0.15) is 0 Å². The standard InChI is InChI=1S/C9H23NO3Si.C8H22N2O3Si.2C7H18O3Si.C4H12O4Si.C4H12O3Si/c1-4-11-14(12-5-2,13-6-3)9-7-8-10;1-11-14(12-2,13-3)8-4-6-10-7-5-9;2*1-5-8-11(4,9-6-2)10-7-3;1-5-9(6-2,7-3)8-4;1-5-8(4,6-2)7-3/h4-10H2,1-3H3;10H,4-9H2,1-3H3;2*5-7H2,1-4H3;1-4H3;1-4H3. The molecule has 0 aliphatic carbocycles. The average Bonchev–Trinajstić information content (AvgIpc) is 3.32. The molecule has 0 unspecified atom stereocenters. The predicted molar refractivity (Wildman–Crippen MR) is 277 cm³/mol. The van der Waals surface area contributed by atoms with Crippen LogP contribution in [0.3, 0.4) is 0 Å². The number of rotatable bonds is 37. The van der Waals surface area contributed by atoms with E-state index in [2.05, 4.69) is 5.32 Å². The minimum Gasteiger partial charge on any atom is -0.377 e. The van der Waals surface area contributed by atoms with Crippen molar-refractivity contribution >= 4 is 53.1 Å². The third kappa shape index (κ3) is 43.7. The van der Waals surface area contributed by atoms with Crippen LogP contribution in [0.4, 0.5) is 0 Å². The molecule has 22 nitrogen and oxygen atoms in total. The van der Waals surface area contributed by atoms with Gasteiger partial charge >= 0.3 is 53.1 Å². The quantitative estimate of drug-likeness (QED) is 0.0547. The molecule has 0 atom stereocenters. The van der Waals surface area contributed by atoms with Crippen LogP contribution in [0, 0.1) is 0 Å². The van der Waals surface area contributed by atoms with Gasteiger partial charge in [0.05, 0.1) is 0 Å². The van der Waals surface area contributed by atoms with Crippen LogP contribution in [0.25, 0.3) is 0 Å². The zero-order valence-corrected chi connectivity index (χ0v) is 52.4. The summed E-state index contributed by atoms with van der Waals surface area (Å²) in [5.41, 5.74) is 10.8. The minimum atomic E-state index is -2.69. The molecule has 0 amide bonds. The van der Waals surface area contributed by atoms with Crippen molar-refractivity contribution in [1.29, 1.82) is 0 Å². The summed E-state index contributed by atoms with van der Waals surface area (Å²) in [6, 6.07) is 1.65. The van der Waals surface area contributed by atoms with Crippen LogP contribution >= 0.6 is 0 Å². The molecule has 28 heteroatoms. The largest absolute Gasteiger partial charge is 0.678 e. The van der Waals surface area contributed by atoms with E-state index in [0.29, 0.717) is 72.6 Å². The summed E-state index contributed by atoms with van der Waals surface area (Å²) in [4.78, 5) is 0. The zero-order valence-electron chi connectivity index (χ0n) is 46.4. The lowest BCUT2D eigenvalue weighted by atomic mass is 10.5. The maximum atomic E-state index is 5.65. The second-order valence-electron chi connectivity index (χ2n) is 12.9. The first kappa shape index (κ1) is 78.8. The second kappa shape index (κ2) is 52.7. The normalized spacial score (nSPS) is 12.0. The van der Waals surface area contributed by atoms with Crippen LogP contribution in [-0.2, 0) is 84.1 Å². The smallest absolute Gasteiger partial charge is 0.377 e. The van der Waals surface area contributed by atoms with E-state index in [9.17, 15) is 0 Å². The third-order valence-electron chi connectivity index (χ3n) is 8.42. The molecule has 0 saturated heterocycles. The van der Waals surface area contributed by atoms with Gasteiger partial charge in [-0.1, -0.05) is 0 Å². The van der Waals surface area contributed by atoms with Gasteiger partial charge in [0.2, 0.25) is 0 Å². The van der Waals surface area contributed by atoms with E-state index in [-0.39, 0.29) is 0 Å². The highest BCUT2D eigenvalue weighted by Crippen LogP contribution is 2.18. The van der Waals surface area contributed by atoms with Gasteiger partial charge in [0, 0.05) is 175 Å². The van der Waals surface area contributed by atoms with E-state index >= 15 is 0 Å². The zero-order chi connectivity index (χ0) is 53.2. The van der Waals surface area contributed by atoms with Crippen LogP contribution in [0.15, 0.2) is 0 Å². The van der Waals surface area contributed by atoms with E-state index in [4.69, 9.17) is 95.6 Å². The molecule has 0 aromatic carbocycles. The van der Waals surface area contributed by atoms with Crippen LogP contribution in [-0.4, -0.2) is 210 Å². The summed E-state index contributed by atoms with van der Waals surface area (Å²) < 4.78 is 99.5. The molecule has 0 aromatic rings. The molecule has 0 radical (unpaired) electrons. The molecule has 0 aromatic heterocycles. The molecule has 414 valence electrons. The van der Waals surface area contributed by atoms with Crippen LogP contribution in [0.2, 0.25) is 31.7 Å². The molecule has 0 aliphatic rings. The molecule has 0 heterocycles. The average molecular weight is 1090 g/mol. The summed E-state index contributed by atoms with van der Waals surface area (Å²) >= 11 is 0. The molecular formula is C39H105N3O19Si6. The van der Waals surface area contributed by atoms with Gasteiger partial charge in [-0.3, -0.25) is 0 Å². The van der Waals surface area contributed by atoms with Crippen LogP contribution < -0.4 is 16.8 Å². The van der Waals surface area contributed by atoms with Crippen LogP contribution in [0.5, 0.6) is 0 Å². The van der Waals surface area contributed by atoms with Crippen molar-refractivity contribution in [2.45, 2.75) is 107 Å². The van der Waals surface area contributed by atoms with Crippen molar-refractivity contribution in [1.82, 2.24) is 5.32 Å². The fraction of sp³-hybridized carbons (Fsp3) is 1.00. The Morgan fingerprint density at radius 3 is 0.776 bits per heavy atom. The molecule has 0 fully saturated rings. The van der Waals surface area contributed by atoms with Gasteiger partial charge in [0.15, 0.2) is 0 Å². The summed E-state index contributed by atoms with van der Waals surface area (Å²) in [7, 11) is 1.49. The van der Waals surface area contributed by atoms with Gasteiger partial charge in [-0.15, -0.1) is 0 Å². The van der Waals surface area contributed by atoms with Crippen molar-refractivity contribution in [2.75, 3.05) is 157 Å². The SMILES string of the molecule is CCO[Si](C)(OCC)OCC.CCO[Si](C)(OCC)OCC.CCO[Si](CCCN)(OCC)OCC.CO[Si](C)(OC)OC.CO[Si](CCCNCCN)(OC)OC.CO[Si](OC)(OC)OC. The number of nitrogens with one attached hydrogen (secondary N) is 1. The van der Waals surface area contributed by atoms with E-state index in [1.54, 1.807) is 42.7 Å². The minimum absolute atomic E-state index is 0.636. The fourth-order valence-corrected chi connectivity index (χ4v) is 14.6. The lowest BCUT2D eigenvalue weighted by molar-refractivity contribution is 0.0225. The van der Waals surface area contributed by atoms with Gasteiger partial charge in [-0.25, -0.2) is 0 Å². The van der Waals surface area contributed by atoms with Crippen molar-refractivity contribution in [3.8, 4) is 0 Å². The first-order valence-corrected chi connectivity index (χ1v) is 35.3. The molecule has 0 rings (SSSR count). The summed E-state index contributed by atoms with van der Waals surface area (Å²) in [6.07, 6.45) is 1.87. The van der Waals surface area contributed by atoms with Crippen molar-refractivity contribution < 1.29 is 84.1 Å². The Balaban J connectivity index is -0.000000168. The summed E-state index contributed by atoms with van der Waals surface area (Å²) in [6.45, 7) is 32.2. The molecule has 0 bridgehead atoms. The predicted octanol–water partition coefficient (Wildman–Crippen LogP) is 5.02. The van der Waals surface area contributed by atoms with E-state index in [1.165, 1.54) is 28.4 Å². The Kier molecular flexibility index (Phi) is 62.1. The molecule has 5 N–H and O–H groups in total. The molecule has 0 spiro atoms. The summed E-state index contributed by atoms with van der Waals surface area (Å²) in [5, 5.41) is 3.21. The maximum absolute atomic E-state index is 5.65. The Hall–Kier alpha value is 0.421. The Morgan fingerprint density at radius 2 is 0.597 bits per heavy atom. The van der Waals surface area contributed by atoms with E-state index in [0.717, 1.165) is 38.0 Å². The molecular weight excluding hydrogens is 983 g/mol. The third-order valence-corrected chi connectivity index (χ3v) is 23.5. The lowest BCUT2D eigenvalue weighted by Gasteiger charge is -2.28. The summed E-state index contributed by atoms with van der Waals surface area (Å²) in [5.74, 6) is 0. The maximum Gasteiger partial charge on any atom is 0.678 e. The highest BCUT2D eigenvalue weighted by molar-refractivity contribution is 6.61. The highest BCUT2D eigenvalue weighted by Gasteiger charge is 2.41. The first-order chi connectivity index (χ1) is 31.8. The number of hydrogen-bond donors (Lipinski definition) is 3.